The van der Waals surface area contributed by atoms with E-state index in [0.29, 0.717) is 12.3 Å². The van der Waals surface area contributed by atoms with Gasteiger partial charge in [0, 0.05) is 29.6 Å². The second kappa shape index (κ2) is 9.43. The number of halogens is 1. The van der Waals surface area contributed by atoms with Gasteiger partial charge in [0.05, 0.1) is 5.69 Å². The zero-order valence-corrected chi connectivity index (χ0v) is 18.6. The molecule has 1 unspecified atom stereocenters. The van der Waals surface area contributed by atoms with Gasteiger partial charge >= 0.3 is 0 Å². The number of fused-ring (bicyclic) bond motifs is 1. The minimum Gasteiger partial charge on any atom is -0.459 e. The Bertz CT molecular complexity index is 1180. The molecule has 0 bridgehead atoms. The number of aliphatic hydroxyl groups is 1. The number of allylic oxidation sites excluding steroid dienone is 1. The van der Waals surface area contributed by atoms with Crippen LogP contribution in [-0.4, -0.2) is 21.2 Å². The highest BCUT2D eigenvalue weighted by atomic mass is 19.1. The Kier molecular flexibility index (Phi) is 6.43. The fourth-order valence-corrected chi connectivity index (χ4v) is 4.03. The molecule has 5 heteroatoms. The fourth-order valence-electron chi connectivity index (χ4n) is 4.03. The maximum absolute atomic E-state index is 13.5. The molecule has 0 spiro atoms. The number of hydrogen-bond acceptors (Lipinski definition) is 4. The Balaban J connectivity index is 1.66. The molecular weight excluding hydrogens is 415 g/mol. The van der Waals surface area contributed by atoms with Crippen LogP contribution in [0.2, 0.25) is 0 Å². The molecule has 1 aromatic heterocycles. The van der Waals surface area contributed by atoms with E-state index >= 15 is 0 Å². The molecule has 2 heterocycles. The SMILES string of the molecule is C=C(OC(=C)C(C)F)c1ccc2c(c1)C(=C)N([C@H](c1ccccn1)[C@@H](O)c1ccccc1)C2. The van der Waals surface area contributed by atoms with E-state index in [4.69, 9.17) is 4.74 Å². The molecule has 3 atom stereocenters. The molecule has 0 saturated heterocycles. The quantitative estimate of drug-likeness (QED) is 0.422. The van der Waals surface area contributed by atoms with Crippen LogP contribution >= 0.6 is 0 Å². The summed E-state index contributed by atoms with van der Waals surface area (Å²) in [7, 11) is 0. The zero-order valence-electron chi connectivity index (χ0n) is 18.6. The van der Waals surface area contributed by atoms with E-state index < -0.39 is 18.3 Å². The summed E-state index contributed by atoms with van der Waals surface area (Å²) in [4.78, 5) is 6.61. The van der Waals surface area contributed by atoms with Crippen molar-refractivity contribution in [3.8, 4) is 0 Å². The molecule has 2 aromatic carbocycles. The maximum atomic E-state index is 13.5. The van der Waals surface area contributed by atoms with E-state index in [2.05, 4.69) is 29.6 Å². The van der Waals surface area contributed by atoms with Gasteiger partial charge in [-0.05, 0) is 36.2 Å². The largest absolute Gasteiger partial charge is 0.459 e. The average molecular weight is 443 g/mol. The summed E-state index contributed by atoms with van der Waals surface area (Å²) in [6.07, 6.45) is -0.371. The summed E-state index contributed by atoms with van der Waals surface area (Å²) in [5.74, 6) is 0.339. The summed E-state index contributed by atoms with van der Waals surface area (Å²) in [6.45, 7) is 13.8. The molecule has 0 amide bonds. The predicted molar refractivity (Wildman–Crippen MR) is 129 cm³/mol. The molecular formula is C28H27FN2O2. The van der Waals surface area contributed by atoms with Crippen LogP contribution in [-0.2, 0) is 11.3 Å². The second-order valence-corrected chi connectivity index (χ2v) is 8.11. The minimum atomic E-state index is -1.29. The van der Waals surface area contributed by atoms with Crippen LogP contribution in [0.3, 0.4) is 0 Å². The number of benzene rings is 2. The lowest BCUT2D eigenvalue weighted by molar-refractivity contribution is 0.0760. The highest BCUT2D eigenvalue weighted by Crippen LogP contribution is 2.43. The van der Waals surface area contributed by atoms with Gasteiger partial charge in [0.25, 0.3) is 0 Å². The number of aromatic nitrogens is 1. The molecule has 1 N–H and O–H groups in total. The number of hydrogen-bond donors (Lipinski definition) is 1. The zero-order chi connectivity index (χ0) is 23.5. The number of rotatable bonds is 8. The van der Waals surface area contributed by atoms with Crippen LogP contribution in [0.4, 0.5) is 4.39 Å². The Labute approximate surface area is 194 Å². The van der Waals surface area contributed by atoms with Gasteiger partial charge in [-0.25, -0.2) is 4.39 Å². The summed E-state index contributed by atoms with van der Waals surface area (Å²) in [6, 6.07) is 20.6. The Morgan fingerprint density at radius 1 is 1.09 bits per heavy atom. The second-order valence-electron chi connectivity index (χ2n) is 8.11. The Morgan fingerprint density at radius 2 is 1.82 bits per heavy atom. The first kappa shape index (κ1) is 22.5. The van der Waals surface area contributed by atoms with E-state index in [1.165, 1.54) is 6.92 Å². The molecule has 33 heavy (non-hydrogen) atoms. The summed E-state index contributed by atoms with van der Waals surface area (Å²) in [5.41, 5.74) is 5.04. The predicted octanol–water partition coefficient (Wildman–Crippen LogP) is 6.20. The van der Waals surface area contributed by atoms with Crippen LogP contribution in [0, 0.1) is 0 Å². The van der Waals surface area contributed by atoms with Crippen molar-refractivity contribution >= 4 is 11.5 Å². The van der Waals surface area contributed by atoms with Gasteiger partial charge in [-0.2, -0.15) is 0 Å². The van der Waals surface area contributed by atoms with Gasteiger partial charge < -0.3 is 14.7 Å². The van der Waals surface area contributed by atoms with Crippen LogP contribution < -0.4 is 0 Å². The average Bonchev–Trinajstić information content (AvgIpc) is 3.15. The van der Waals surface area contributed by atoms with Gasteiger partial charge in [0.15, 0.2) is 6.17 Å². The minimum absolute atomic E-state index is 0.0159. The molecule has 0 aliphatic carbocycles. The number of pyridine rings is 1. The number of alkyl halides is 1. The van der Waals surface area contributed by atoms with Crippen molar-refractivity contribution in [3.63, 3.8) is 0 Å². The first-order chi connectivity index (χ1) is 15.9. The lowest BCUT2D eigenvalue weighted by Crippen LogP contribution is -2.28. The van der Waals surface area contributed by atoms with Gasteiger partial charge in [0.2, 0.25) is 0 Å². The Hall–Kier alpha value is -3.70. The van der Waals surface area contributed by atoms with E-state index in [-0.39, 0.29) is 5.76 Å². The Morgan fingerprint density at radius 3 is 2.48 bits per heavy atom. The molecule has 3 aromatic rings. The number of aliphatic hydroxyl groups excluding tert-OH is 1. The topological polar surface area (TPSA) is 45.6 Å². The van der Waals surface area contributed by atoms with Crippen molar-refractivity contribution in [2.45, 2.75) is 31.8 Å². The molecule has 1 aliphatic heterocycles. The van der Waals surface area contributed by atoms with Crippen molar-refractivity contribution in [2.24, 2.45) is 0 Å². The van der Waals surface area contributed by atoms with Gasteiger partial charge in [-0.3, -0.25) is 4.98 Å². The van der Waals surface area contributed by atoms with Gasteiger partial charge in [0.1, 0.15) is 23.7 Å². The molecule has 0 saturated carbocycles. The van der Waals surface area contributed by atoms with Crippen molar-refractivity contribution < 1.29 is 14.2 Å². The van der Waals surface area contributed by atoms with Crippen LogP contribution in [0.25, 0.3) is 11.5 Å². The van der Waals surface area contributed by atoms with Crippen LogP contribution in [0.15, 0.2) is 98.4 Å². The normalized spacial score (nSPS) is 15.5. The molecule has 0 radical (unpaired) electrons. The van der Waals surface area contributed by atoms with E-state index in [0.717, 1.165) is 33.6 Å². The first-order valence-electron chi connectivity index (χ1n) is 10.8. The number of ether oxygens (including phenoxy) is 1. The summed E-state index contributed by atoms with van der Waals surface area (Å²) in [5, 5.41) is 11.4. The van der Waals surface area contributed by atoms with Crippen LogP contribution in [0.5, 0.6) is 0 Å². The van der Waals surface area contributed by atoms with E-state index in [1.807, 2.05) is 66.7 Å². The molecule has 4 nitrogen and oxygen atoms in total. The third-order valence-corrected chi connectivity index (χ3v) is 5.89. The van der Waals surface area contributed by atoms with Crippen molar-refractivity contribution in [2.75, 3.05) is 0 Å². The van der Waals surface area contributed by atoms with E-state index in [9.17, 15) is 9.50 Å². The van der Waals surface area contributed by atoms with Gasteiger partial charge in [-0.1, -0.05) is 68.3 Å². The smallest absolute Gasteiger partial charge is 0.154 e. The summed E-state index contributed by atoms with van der Waals surface area (Å²) < 4.78 is 18.9. The monoisotopic (exact) mass is 442 g/mol. The molecule has 168 valence electrons. The highest BCUT2D eigenvalue weighted by Gasteiger charge is 2.35. The lowest BCUT2D eigenvalue weighted by Gasteiger charge is -2.34. The maximum Gasteiger partial charge on any atom is 0.154 e. The van der Waals surface area contributed by atoms with Crippen LogP contribution in [0.1, 0.15) is 47.0 Å². The number of nitrogens with zero attached hydrogens (tertiary/aromatic N) is 2. The lowest BCUT2D eigenvalue weighted by atomic mass is 9.97. The van der Waals surface area contributed by atoms with Gasteiger partial charge in [-0.15, -0.1) is 0 Å². The molecule has 1 aliphatic rings. The van der Waals surface area contributed by atoms with Crippen molar-refractivity contribution in [1.29, 1.82) is 0 Å². The summed E-state index contributed by atoms with van der Waals surface area (Å²) >= 11 is 0. The molecule has 0 fully saturated rings. The van der Waals surface area contributed by atoms with Crippen molar-refractivity contribution in [1.82, 2.24) is 9.88 Å². The molecule has 4 rings (SSSR count). The third-order valence-electron chi connectivity index (χ3n) is 5.89. The fraction of sp³-hybridized carbons (Fsp3) is 0.179. The highest BCUT2D eigenvalue weighted by molar-refractivity contribution is 5.73. The first-order valence-corrected chi connectivity index (χ1v) is 10.8. The standard InChI is InChI=1S/C28H27FN2O2/c1-18(29)20(3)33-21(4)23-13-14-24-17-31(19(2)25(24)16-23)27(26-12-8-9-15-30-26)28(32)22-10-6-5-7-11-22/h5-16,18,27-28,32H,2-4,17H2,1H3/t18?,27-,28+/m1/s1. The van der Waals surface area contributed by atoms with E-state index in [1.54, 1.807) is 6.20 Å². The van der Waals surface area contributed by atoms with Crippen molar-refractivity contribution in [3.05, 3.63) is 126 Å². The third kappa shape index (κ3) is 4.59.